The highest BCUT2D eigenvalue weighted by molar-refractivity contribution is 5.81. The number of nitrogens with one attached hydrogen (secondary N) is 1. The predicted octanol–water partition coefficient (Wildman–Crippen LogP) is -1.80. The van der Waals surface area contributed by atoms with E-state index in [2.05, 4.69) is 20.3 Å². The molecule has 0 spiro atoms. The van der Waals surface area contributed by atoms with Gasteiger partial charge in [0, 0.05) is 6.04 Å². The molecular weight excluding hydrogens is 370 g/mol. The number of nitrogens with two attached hydrogens (primary N) is 2. The average molecular weight is 395 g/mol. The summed E-state index contributed by atoms with van der Waals surface area (Å²) in [5.74, 6) is -0.853. The largest absolute Gasteiger partial charge is 0.480 e. The maximum atomic E-state index is 10.9. The van der Waals surface area contributed by atoms with Crippen molar-refractivity contribution in [1.29, 1.82) is 0 Å². The molecule has 0 aliphatic carbocycles. The van der Waals surface area contributed by atoms with E-state index in [1.807, 2.05) is 0 Å². The number of carbonyl (C=O) groups is 1. The normalized spacial score (nSPS) is 27.1. The number of hydrogen-bond acceptors (Lipinski definition) is 10. The van der Waals surface area contributed by atoms with Gasteiger partial charge in [-0.3, -0.25) is 9.36 Å². The van der Waals surface area contributed by atoms with Crippen molar-refractivity contribution in [2.45, 2.75) is 55.9 Å². The molecule has 0 aromatic carbocycles. The van der Waals surface area contributed by atoms with Gasteiger partial charge < -0.3 is 36.8 Å². The van der Waals surface area contributed by atoms with Crippen molar-refractivity contribution >= 4 is 23.0 Å². The minimum Gasteiger partial charge on any atom is -0.480 e. The number of fused-ring (bicyclic) bond motifs is 1. The molecule has 154 valence electrons. The van der Waals surface area contributed by atoms with Crippen LogP contribution in [0.3, 0.4) is 0 Å². The molecular formula is C16H25N7O5. The van der Waals surface area contributed by atoms with E-state index in [-0.39, 0.29) is 18.3 Å². The van der Waals surface area contributed by atoms with Crippen molar-refractivity contribution in [3.8, 4) is 0 Å². The molecule has 0 radical (unpaired) electrons. The van der Waals surface area contributed by atoms with Crippen LogP contribution in [0.15, 0.2) is 12.7 Å². The third-order valence-corrected chi connectivity index (χ3v) is 5.07. The molecule has 28 heavy (non-hydrogen) atoms. The number of carboxylic acid groups (broad SMARTS) is 1. The lowest BCUT2D eigenvalue weighted by atomic mass is 9.98. The Labute approximate surface area is 160 Å². The van der Waals surface area contributed by atoms with Crippen molar-refractivity contribution in [1.82, 2.24) is 24.8 Å². The van der Waals surface area contributed by atoms with Crippen molar-refractivity contribution in [2.24, 2.45) is 5.73 Å². The first kappa shape index (κ1) is 20.4. The Morgan fingerprint density at radius 2 is 2.07 bits per heavy atom. The number of aliphatic hydroxyl groups is 2. The fraction of sp³-hybridized carbons (Fsp3) is 0.625. The topological polar surface area (TPSA) is 195 Å². The highest BCUT2D eigenvalue weighted by Gasteiger charge is 2.44. The van der Waals surface area contributed by atoms with Gasteiger partial charge in [0.15, 0.2) is 17.7 Å². The number of nitrogens with zero attached hydrogens (tertiary/aromatic N) is 4. The van der Waals surface area contributed by atoms with E-state index in [0.29, 0.717) is 24.0 Å². The van der Waals surface area contributed by atoms with Gasteiger partial charge >= 0.3 is 5.97 Å². The van der Waals surface area contributed by atoms with Crippen LogP contribution >= 0.6 is 0 Å². The Kier molecular flexibility index (Phi) is 6.05. The number of nitrogen functional groups attached to an aromatic ring is 1. The number of imidazole rings is 1. The van der Waals surface area contributed by atoms with Gasteiger partial charge in [-0.25, -0.2) is 15.0 Å². The minimum atomic E-state index is -1.20. The molecule has 1 fully saturated rings. The van der Waals surface area contributed by atoms with Crippen LogP contribution in [0.2, 0.25) is 0 Å². The second kappa shape index (κ2) is 8.32. The maximum absolute atomic E-state index is 10.9. The monoisotopic (exact) mass is 395 g/mol. The van der Waals surface area contributed by atoms with Crippen molar-refractivity contribution in [3.63, 3.8) is 0 Å². The Bertz CT molecular complexity index is 831. The van der Waals surface area contributed by atoms with Crippen LogP contribution in [0.4, 0.5) is 5.82 Å². The summed E-state index contributed by atoms with van der Waals surface area (Å²) >= 11 is 0. The molecule has 0 bridgehead atoms. The minimum absolute atomic E-state index is 0.145. The van der Waals surface area contributed by atoms with E-state index in [4.69, 9.17) is 21.3 Å². The number of carboxylic acids is 1. The second-order valence-electron chi connectivity index (χ2n) is 6.87. The van der Waals surface area contributed by atoms with Crippen LogP contribution in [0.25, 0.3) is 11.2 Å². The molecule has 12 nitrogen and oxygen atoms in total. The van der Waals surface area contributed by atoms with Gasteiger partial charge in [0.25, 0.3) is 0 Å². The third-order valence-electron chi connectivity index (χ3n) is 5.07. The first-order chi connectivity index (χ1) is 13.3. The molecule has 1 aliphatic rings. The fourth-order valence-corrected chi connectivity index (χ4v) is 3.37. The van der Waals surface area contributed by atoms with Crippen molar-refractivity contribution in [3.05, 3.63) is 12.7 Å². The molecule has 0 unspecified atom stereocenters. The van der Waals surface area contributed by atoms with Gasteiger partial charge in [-0.1, -0.05) is 0 Å². The van der Waals surface area contributed by atoms with Crippen molar-refractivity contribution in [2.75, 3.05) is 12.8 Å². The molecule has 8 N–H and O–H groups in total. The lowest BCUT2D eigenvalue weighted by Crippen LogP contribution is -2.38. The number of aromatic nitrogens is 4. The zero-order chi connectivity index (χ0) is 20.4. The third kappa shape index (κ3) is 3.91. The summed E-state index contributed by atoms with van der Waals surface area (Å²) in [6.07, 6.45) is -0.0567. The molecule has 3 rings (SSSR count). The lowest BCUT2D eigenvalue weighted by Gasteiger charge is -2.22. The van der Waals surface area contributed by atoms with Gasteiger partial charge in [-0.2, -0.15) is 0 Å². The maximum Gasteiger partial charge on any atom is 0.320 e. The Balaban J connectivity index is 1.71. The summed E-state index contributed by atoms with van der Waals surface area (Å²) in [5.41, 5.74) is 12.1. The fourth-order valence-electron chi connectivity index (χ4n) is 3.37. The molecule has 1 aliphatic heterocycles. The SMILES string of the molecule is CN[C@@H](CC[C@H](N)C(=O)O)C[C@H]1O[C@@H](n2cnc3c(N)ncnc32)[C@H](O)[C@@H]1O. The van der Waals surface area contributed by atoms with E-state index in [9.17, 15) is 15.0 Å². The van der Waals surface area contributed by atoms with E-state index in [1.54, 1.807) is 7.05 Å². The van der Waals surface area contributed by atoms with Crippen LogP contribution < -0.4 is 16.8 Å². The molecule has 0 amide bonds. The molecule has 0 saturated carbocycles. The summed E-state index contributed by atoms with van der Waals surface area (Å²) in [6.45, 7) is 0. The number of aliphatic hydroxyl groups excluding tert-OH is 2. The van der Waals surface area contributed by atoms with Gasteiger partial charge in [0.1, 0.15) is 30.1 Å². The van der Waals surface area contributed by atoms with Gasteiger partial charge in [-0.15, -0.1) is 0 Å². The predicted molar refractivity (Wildman–Crippen MR) is 98.0 cm³/mol. The smallest absolute Gasteiger partial charge is 0.320 e. The Hall–Kier alpha value is -2.38. The molecule has 12 heteroatoms. The number of anilines is 1. The first-order valence-electron chi connectivity index (χ1n) is 8.93. The lowest BCUT2D eigenvalue weighted by molar-refractivity contribution is -0.138. The summed E-state index contributed by atoms with van der Waals surface area (Å²) in [4.78, 5) is 23.0. The summed E-state index contributed by atoms with van der Waals surface area (Å²) in [7, 11) is 1.73. The van der Waals surface area contributed by atoms with Crippen molar-refractivity contribution < 1.29 is 24.9 Å². The van der Waals surface area contributed by atoms with Gasteiger partial charge in [0.2, 0.25) is 0 Å². The summed E-state index contributed by atoms with van der Waals surface area (Å²) < 4.78 is 7.41. The average Bonchev–Trinajstić information content (AvgIpc) is 3.21. The van der Waals surface area contributed by atoms with Crippen LogP contribution in [0.1, 0.15) is 25.5 Å². The first-order valence-corrected chi connectivity index (χ1v) is 8.93. The zero-order valence-electron chi connectivity index (χ0n) is 15.3. The van der Waals surface area contributed by atoms with E-state index in [0.717, 1.165) is 0 Å². The quantitative estimate of drug-likeness (QED) is 0.295. The molecule has 6 atom stereocenters. The second-order valence-corrected chi connectivity index (χ2v) is 6.87. The van der Waals surface area contributed by atoms with Crippen LogP contribution in [-0.2, 0) is 9.53 Å². The summed E-state index contributed by atoms with van der Waals surface area (Å²) in [5, 5.41) is 32.9. The number of rotatable bonds is 8. The zero-order valence-corrected chi connectivity index (χ0v) is 15.3. The van der Waals surface area contributed by atoms with Gasteiger partial charge in [-0.05, 0) is 26.3 Å². The summed E-state index contributed by atoms with van der Waals surface area (Å²) in [6, 6.07) is -1.10. The van der Waals surface area contributed by atoms with E-state index < -0.39 is 36.6 Å². The van der Waals surface area contributed by atoms with Crippen LogP contribution in [0, 0.1) is 0 Å². The Morgan fingerprint density at radius 3 is 2.75 bits per heavy atom. The van der Waals surface area contributed by atoms with E-state index in [1.165, 1.54) is 17.2 Å². The van der Waals surface area contributed by atoms with Gasteiger partial charge in [0.05, 0.1) is 12.4 Å². The Morgan fingerprint density at radius 1 is 1.32 bits per heavy atom. The standard InChI is InChI=1S/C16H25N7O5/c1-19-7(2-3-8(17)16(26)27)4-9-11(24)12(25)15(28-9)23-6-22-10-13(18)20-5-21-14(10)23/h5-9,11-12,15,19,24-25H,2-4,17H2,1H3,(H,26,27)(H2,18,20,21)/t7-,8-,9+,11+,12+,15+/m0/s1. The number of ether oxygens (including phenoxy) is 1. The molecule has 1 saturated heterocycles. The number of hydrogen-bond donors (Lipinski definition) is 6. The van der Waals surface area contributed by atoms with Crippen LogP contribution in [0.5, 0.6) is 0 Å². The van der Waals surface area contributed by atoms with Crippen LogP contribution in [-0.4, -0.2) is 78.3 Å². The molecule has 3 heterocycles. The molecule has 2 aromatic rings. The highest BCUT2D eigenvalue weighted by Crippen LogP contribution is 2.34. The molecule has 2 aromatic heterocycles. The van der Waals surface area contributed by atoms with E-state index >= 15 is 0 Å². The highest BCUT2D eigenvalue weighted by atomic mass is 16.6. The number of aliphatic carboxylic acids is 1.